The van der Waals surface area contributed by atoms with E-state index in [9.17, 15) is 4.79 Å². The number of nitrogens with zero attached hydrogens (tertiary/aromatic N) is 2. The summed E-state index contributed by atoms with van der Waals surface area (Å²) in [4.78, 5) is 11.6. The van der Waals surface area contributed by atoms with Crippen LogP contribution >= 0.6 is 0 Å². The molecule has 1 aromatic rings. The fraction of sp³-hybridized carbons (Fsp3) is 0.444. The zero-order valence-electron chi connectivity index (χ0n) is 9.03. The van der Waals surface area contributed by atoms with Gasteiger partial charge in [-0.1, -0.05) is 0 Å². The number of carbonyl (C=O) groups is 1. The molecule has 6 nitrogen and oxygen atoms in total. The molecule has 0 saturated carbocycles. The minimum atomic E-state index is -0.454. The monoisotopic (exact) mass is 209 g/mol. The minimum absolute atomic E-state index is 0.248. The Bertz CT molecular complexity index is 395. The second-order valence-electron chi connectivity index (χ2n) is 3.46. The summed E-state index contributed by atoms with van der Waals surface area (Å²) in [5.74, 6) is -0.301. The zero-order chi connectivity index (χ0) is 11.6. The predicted octanol–water partition coefficient (Wildman–Crippen LogP) is 0.617. The lowest BCUT2D eigenvalue weighted by atomic mass is 10.1. The van der Waals surface area contributed by atoms with Gasteiger partial charge in [0.1, 0.15) is 11.5 Å². The first-order valence-electron chi connectivity index (χ1n) is 4.57. The number of carbonyl (C=O) groups excluding carboxylic acids is 1. The van der Waals surface area contributed by atoms with E-state index in [-0.39, 0.29) is 5.91 Å². The molecule has 1 rings (SSSR count). The van der Waals surface area contributed by atoms with Crippen molar-refractivity contribution in [2.75, 3.05) is 11.1 Å². The number of rotatable bonds is 3. The maximum atomic E-state index is 11.6. The summed E-state index contributed by atoms with van der Waals surface area (Å²) in [5.41, 5.74) is 6.46. The summed E-state index contributed by atoms with van der Waals surface area (Å²) in [6, 6.07) is 0. The summed E-state index contributed by atoms with van der Waals surface area (Å²) in [6.45, 7) is 3.26. The molecule has 1 aromatic heterocycles. The quantitative estimate of drug-likeness (QED) is 0.636. The number of amides is 1. The van der Waals surface area contributed by atoms with Gasteiger partial charge in [0.05, 0.1) is 12.1 Å². The average molecular weight is 209 g/mol. The molecule has 1 amide bonds. The maximum Gasteiger partial charge on any atom is 0.232 e. The van der Waals surface area contributed by atoms with Crippen molar-refractivity contribution in [3.05, 3.63) is 6.20 Å². The summed E-state index contributed by atoms with van der Waals surface area (Å²) in [5, 5.41) is 13.9. The van der Waals surface area contributed by atoms with Crippen molar-refractivity contribution in [2.24, 2.45) is 13.0 Å². The highest BCUT2D eigenvalue weighted by atomic mass is 16.1. The molecule has 6 heteroatoms. The van der Waals surface area contributed by atoms with Crippen LogP contribution in [0.1, 0.15) is 13.8 Å². The Hall–Kier alpha value is -1.85. The van der Waals surface area contributed by atoms with Crippen molar-refractivity contribution in [1.29, 1.82) is 5.41 Å². The molecule has 1 atom stereocenters. The number of hydrogen-bond acceptors (Lipinski definition) is 4. The zero-order valence-corrected chi connectivity index (χ0v) is 9.03. The third-order valence-corrected chi connectivity index (χ3v) is 2.29. The van der Waals surface area contributed by atoms with E-state index in [0.29, 0.717) is 17.2 Å². The van der Waals surface area contributed by atoms with Crippen molar-refractivity contribution in [3.8, 4) is 0 Å². The van der Waals surface area contributed by atoms with Crippen LogP contribution in [0.25, 0.3) is 0 Å². The topological polar surface area (TPSA) is 96.8 Å². The fourth-order valence-electron chi connectivity index (χ4n) is 0.981. The average Bonchev–Trinajstić information content (AvgIpc) is 2.48. The van der Waals surface area contributed by atoms with E-state index in [4.69, 9.17) is 11.1 Å². The van der Waals surface area contributed by atoms with E-state index >= 15 is 0 Å². The number of nitrogens with two attached hydrogens (primary N) is 1. The van der Waals surface area contributed by atoms with E-state index in [0.717, 1.165) is 0 Å². The standard InChI is InChI=1S/C9H15N5O/c1-5(6(2)10)9(15)13-7-4-12-14(3)8(7)11/h4-5,10H,11H2,1-3H3,(H,13,15). The molecule has 0 aliphatic heterocycles. The summed E-state index contributed by atoms with van der Waals surface area (Å²) < 4.78 is 1.47. The first kappa shape index (κ1) is 11.2. The lowest BCUT2D eigenvalue weighted by Gasteiger charge is -2.09. The molecule has 15 heavy (non-hydrogen) atoms. The highest BCUT2D eigenvalue weighted by Gasteiger charge is 2.16. The molecule has 0 bridgehead atoms. The lowest BCUT2D eigenvalue weighted by molar-refractivity contribution is -0.117. The van der Waals surface area contributed by atoms with Gasteiger partial charge in [-0.15, -0.1) is 0 Å². The van der Waals surface area contributed by atoms with Crippen LogP contribution in [0.5, 0.6) is 0 Å². The number of nitrogen functional groups attached to an aromatic ring is 1. The molecular weight excluding hydrogens is 194 g/mol. The number of hydrogen-bond donors (Lipinski definition) is 3. The highest BCUT2D eigenvalue weighted by Crippen LogP contribution is 2.16. The Kier molecular flexibility index (Phi) is 3.08. The van der Waals surface area contributed by atoms with Crippen molar-refractivity contribution in [2.45, 2.75) is 13.8 Å². The Morgan fingerprint density at radius 3 is 2.73 bits per heavy atom. The second kappa shape index (κ2) is 4.12. The van der Waals surface area contributed by atoms with Crippen LogP contribution in [0.4, 0.5) is 11.5 Å². The smallest absolute Gasteiger partial charge is 0.232 e. The van der Waals surface area contributed by atoms with Gasteiger partial charge in [0.25, 0.3) is 0 Å². The summed E-state index contributed by atoms with van der Waals surface area (Å²) >= 11 is 0. The van der Waals surface area contributed by atoms with Crippen LogP contribution in [-0.2, 0) is 11.8 Å². The first-order chi connectivity index (χ1) is 6.93. The Morgan fingerprint density at radius 2 is 2.33 bits per heavy atom. The SMILES string of the molecule is CC(=N)C(C)C(=O)Nc1cnn(C)c1N. The van der Waals surface area contributed by atoms with Crippen molar-refractivity contribution >= 4 is 23.1 Å². The van der Waals surface area contributed by atoms with Crippen LogP contribution < -0.4 is 11.1 Å². The molecule has 1 heterocycles. The molecule has 0 aromatic carbocycles. The van der Waals surface area contributed by atoms with E-state index in [1.54, 1.807) is 20.9 Å². The molecule has 0 radical (unpaired) electrons. The third kappa shape index (κ3) is 2.34. The van der Waals surface area contributed by atoms with Crippen LogP contribution in [0.3, 0.4) is 0 Å². The number of aromatic nitrogens is 2. The predicted molar refractivity (Wildman–Crippen MR) is 58.8 cm³/mol. The van der Waals surface area contributed by atoms with Gasteiger partial charge in [0.2, 0.25) is 5.91 Å². The summed E-state index contributed by atoms with van der Waals surface area (Å²) in [7, 11) is 1.69. The number of aryl methyl sites for hydroxylation is 1. The van der Waals surface area contributed by atoms with Crippen LogP contribution in [0, 0.1) is 11.3 Å². The third-order valence-electron chi connectivity index (χ3n) is 2.29. The lowest BCUT2D eigenvalue weighted by Crippen LogP contribution is -2.25. The van der Waals surface area contributed by atoms with E-state index in [1.165, 1.54) is 10.9 Å². The van der Waals surface area contributed by atoms with E-state index in [2.05, 4.69) is 10.4 Å². The van der Waals surface area contributed by atoms with Crippen molar-refractivity contribution in [1.82, 2.24) is 9.78 Å². The number of nitrogens with one attached hydrogen (secondary N) is 2. The van der Waals surface area contributed by atoms with Gasteiger partial charge in [-0.3, -0.25) is 9.48 Å². The molecule has 4 N–H and O–H groups in total. The van der Waals surface area contributed by atoms with Gasteiger partial charge in [0.15, 0.2) is 0 Å². The number of anilines is 2. The van der Waals surface area contributed by atoms with E-state index < -0.39 is 5.92 Å². The summed E-state index contributed by atoms with van der Waals surface area (Å²) in [6.07, 6.45) is 1.49. The van der Waals surface area contributed by atoms with Gasteiger partial charge in [0, 0.05) is 12.8 Å². The van der Waals surface area contributed by atoms with Gasteiger partial charge in [-0.2, -0.15) is 5.10 Å². The molecular formula is C9H15N5O. The molecule has 0 aliphatic carbocycles. The van der Waals surface area contributed by atoms with Crippen LogP contribution in [0.15, 0.2) is 6.20 Å². The van der Waals surface area contributed by atoms with Crippen LogP contribution in [-0.4, -0.2) is 21.4 Å². The van der Waals surface area contributed by atoms with E-state index in [1.807, 2.05) is 0 Å². The van der Waals surface area contributed by atoms with Crippen molar-refractivity contribution < 1.29 is 4.79 Å². The largest absolute Gasteiger partial charge is 0.382 e. The Balaban J connectivity index is 2.75. The molecule has 0 spiro atoms. The highest BCUT2D eigenvalue weighted by molar-refractivity contribution is 6.07. The minimum Gasteiger partial charge on any atom is -0.382 e. The van der Waals surface area contributed by atoms with Gasteiger partial charge < -0.3 is 16.5 Å². The van der Waals surface area contributed by atoms with Crippen LogP contribution in [0.2, 0.25) is 0 Å². The molecule has 0 saturated heterocycles. The maximum absolute atomic E-state index is 11.6. The van der Waals surface area contributed by atoms with Gasteiger partial charge in [-0.25, -0.2) is 0 Å². The second-order valence-corrected chi connectivity index (χ2v) is 3.46. The molecule has 0 aliphatic rings. The van der Waals surface area contributed by atoms with Crippen molar-refractivity contribution in [3.63, 3.8) is 0 Å². The Labute approximate surface area is 88.0 Å². The first-order valence-corrected chi connectivity index (χ1v) is 4.57. The normalized spacial score (nSPS) is 12.2. The molecule has 82 valence electrons. The van der Waals surface area contributed by atoms with Gasteiger partial charge >= 0.3 is 0 Å². The fourth-order valence-corrected chi connectivity index (χ4v) is 0.981. The van der Waals surface area contributed by atoms with Gasteiger partial charge in [-0.05, 0) is 13.8 Å². The molecule has 0 fully saturated rings. The molecule has 1 unspecified atom stereocenters. The Morgan fingerprint density at radius 1 is 1.73 bits per heavy atom.